The van der Waals surface area contributed by atoms with Crippen LogP contribution in [0.5, 0.6) is 0 Å². The van der Waals surface area contributed by atoms with Crippen molar-refractivity contribution in [2.45, 2.75) is 19.9 Å². The van der Waals surface area contributed by atoms with Crippen LogP contribution >= 0.6 is 0 Å². The Kier molecular flexibility index (Phi) is 4.57. The van der Waals surface area contributed by atoms with Gasteiger partial charge in [0, 0.05) is 14.1 Å². The van der Waals surface area contributed by atoms with Gasteiger partial charge in [-0.25, -0.2) is 0 Å². The first-order valence-corrected chi connectivity index (χ1v) is 6.72. The number of hydrogen-bond donors (Lipinski definition) is 2. The number of anilines is 3. The molecule has 2 rings (SSSR count). The third kappa shape index (κ3) is 3.27. The van der Waals surface area contributed by atoms with E-state index in [-0.39, 0.29) is 6.04 Å². The van der Waals surface area contributed by atoms with E-state index in [0.717, 1.165) is 17.9 Å². The van der Waals surface area contributed by atoms with Crippen molar-refractivity contribution in [3.05, 3.63) is 30.2 Å². The van der Waals surface area contributed by atoms with Crippen molar-refractivity contribution < 1.29 is 4.42 Å². The number of aromatic nitrogens is 2. The highest BCUT2D eigenvalue weighted by Crippen LogP contribution is 2.27. The van der Waals surface area contributed by atoms with Crippen LogP contribution in [0.1, 0.15) is 25.8 Å². The number of nitrogens with one attached hydrogen (secondary N) is 2. The number of rotatable bonds is 6. The Morgan fingerprint density at radius 1 is 1.25 bits per heavy atom. The van der Waals surface area contributed by atoms with Gasteiger partial charge in [-0.15, -0.1) is 5.10 Å². The highest BCUT2D eigenvalue weighted by Gasteiger charge is 2.13. The summed E-state index contributed by atoms with van der Waals surface area (Å²) in [5.74, 6) is 0.580. The minimum atomic E-state index is 0.0483. The van der Waals surface area contributed by atoms with Crippen molar-refractivity contribution in [1.82, 2.24) is 15.5 Å². The maximum atomic E-state index is 5.62. The third-order valence-electron chi connectivity index (χ3n) is 2.95. The van der Waals surface area contributed by atoms with Gasteiger partial charge in [0.25, 0.3) is 0 Å². The molecule has 2 aromatic rings. The van der Waals surface area contributed by atoms with Crippen LogP contribution in [0.2, 0.25) is 0 Å². The first-order valence-electron chi connectivity index (χ1n) is 6.72. The lowest BCUT2D eigenvalue weighted by atomic mass is 10.2. The van der Waals surface area contributed by atoms with E-state index in [1.807, 2.05) is 57.1 Å². The predicted octanol–water partition coefficient (Wildman–Crippen LogP) is 2.55. The summed E-state index contributed by atoms with van der Waals surface area (Å²) in [6.07, 6.45) is 0. The average molecular weight is 275 g/mol. The van der Waals surface area contributed by atoms with E-state index in [1.54, 1.807) is 0 Å². The van der Waals surface area contributed by atoms with E-state index in [9.17, 15) is 0 Å². The summed E-state index contributed by atoms with van der Waals surface area (Å²) >= 11 is 0. The summed E-state index contributed by atoms with van der Waals surface area (Å²) in [6, 6.07) is 8.42. The van der Waals surface area contributed by atoms with Gasteiger partial charge in [0.15, 0.2) is 0 Å². The van der Waals surface area contributed by atoms with Crippen molar-refractivity contribution in [1.29, 1.82) is 0 Å². The van der Waals surface area contributed by atoms with Crippen molar-refractivity contribution in [2.24, 2.45) is 0 Å². The summed E-state index contributed by atoms with van der Waals surface area (Å²) < 4.78 is 5.62. The maximum Gasteiger partial charge on any atom is 0.320 e. The molecule has 0 aliphatic carbocycles. The van der Waals surface area contributed by atoms with Gasteiger partial charge in [0.1, 0.15) is 0 Å². The fraction of sp³-hybridized carbons (Fsp3) is 0.429. The summed E-state index contributed by atoms with van der Waals surface area (Å²) in [5, 5.41) is 14.5. The Bertz CT molecular complexity index is 552. The molecule has 20 heavy (non-hydrogen) atoms. The van der Waals surface area contributed by atoms with Crippen LogP contribution in [0.3, 0.4) is 0 Å². The van der Waals surface area contributed by atoms with Crippen LogP contribution in [0, 0.1) is 0 Å². The topological polar surface area (TPSA) is 66.2 Å². The minimum Gasteiger partial charge on any atom is -0.406 e. The van der Waals surface area contributed by atoms with Gasteiger partial charge in [-0.05, 0) is 25.6 Å². The Labute approximate surface area is 119 Å². The van der Waals surface area contributed by atoms with Gasteiger partial charge < -0.3 is 20.0 Å². The molecule has 1 heterocycles. The third-order valence-corrected chi connectivity index (χ3v) is 2.95. The van der Waals surface area contributed by atoms with Gasteiger partial charge >= 0.3 is 6.01 Å². The number of hydrogen-bond acceptors (Lipinski definition) is 6. The zero-order valence-corrected chi connectivity index (χ0v) is 12.3. The van der Waals surface area contributed by atoms with E-state index in [2.05, 4.69) is 20.8 Å². The first-order chi connectivity index (χ1) is 9.61. The molecular weight excluding hydrogens is 254 g/mol. The van der Waals surface area contributed by atoms with Crippen molar-refractivity contribution in [3.8, 4) is 0 Å². The summed E-state index contributed by atoms with van der Waals surface area (Å²) in [6.45, 7) is 4.89. The molecule has 2 N–H and O–H groups in total. The lowest BCUT2D eigenvalue weighted by molar-refractivity contribution is 0.430. The lowest BCUT2D eigenvalue weighted by Gasteiger charge is -2.16. The molecule has 1 atom stereocenters. The Hall–Kier alpha value is -2.08. The average Bonchev–Trinajstić information content (AvgIpc) is 2.88. The summed E-state index contributed by atoms with van der Waals surface area (Å²) in [5.41, 5.74) is 2.00. The Morgan fingerprint density at radius 3 is 2.70 bits per heavy atom. The molecule has 108 valence electrons. The fourth-order valence-corrected chi connectivity index (χ4v) is 1.94. The molecular formula is C14H21N5O. The second-order valence-corrected chi connectivity index (χ2v) is 4.76. The smallest absolute Gasteiger partial charge is 0.320 e. The molecule has 0 aliphatic rings. The monoisotopic (exact) mass is 275 g/mol. The molecule has 0 spiro atoms. The maximum absolute atomic E-state index is 5.62. The molecule has 0 saturated carbocycles. The van der Waals surface area contributed by atoms with Gasteiger partial charge in [0.05, 0.1) is 17.4 Å². The fourth-order valence-electron chi connectivity index (χ4n) is 1.94. The first kappa shape index (κ1) is 14.3. The highest BCUT2D eigenvalue weighted by atomic mass is 16.4. The number of benzene rings is 1. The van der Waals surface area contributed by atoms with Gasteiger partial charge in [-0.2, -0.15) is 0 Å². The Balaban J connectivity index is 2.15. The van der Waals surface area contributed by atoms with E-state index >= 15 is 0 Å². The van der Waals surface area contributed by atoms with E-state index < -0.39 is 0 Å². The van der Waals surface area contributed by atoms with E-state index in [1.165, 1.54) is 0 Å². The van der Waals surface area contributed by atoms with E-state index in [0.29, 0.717) is 11.9 Å². The molecule has 0 aliphatic heterocycles. The van der Waals surface area contributed by atoms with Crippen molar-refractivity contribution in [3.63, 3.8) is 0 Å². The zero-order chi connectivity index (χ0) is 14.5. The number of nitrogens with zero attached hydrogens (tertiary/aromatic N) is 3. The number of para-hydroxylation sites is 2. The van der Waals surface area contributed by atoms with E-state index in [4.69, 9.17) is 4.42 Å². The molecule has 6 nitrogen and oxygen atoms in total. The standard InChI is InChI=1S/C14H21N5O/c1-5-15-10(2)13-17-18-14(20-13)16-11-8-6-7-9-12(11)19(3)4/h6-10,15H,5H2,1-4H3,(H,16,18). The van der Waals surface area contributed by atoms with Crippen LogP contribution in [0.15, 0.2) is 28.7 Å². The molecule has 6 heteroatoms. The molecule has 1 aromatic carbocycles. The predicted molar refractivity (Wildman–Crippen MR) is 80.4 cm³/mol. The normalized spacial score (nSPS) is 12.2. The lowest BCUT2D eigenvalue weighted by Crippen LogP contribution is -2.17. The Morgan fingerprint density at radius 2 is 2.00 bits per heavy atom. The molecule has 0 fully saturated rings. The summed E-state index contributed by atoms with van der Waals surface area (Å²) in [4.78, 5) is 2.03. The zero-order valence-electron chi connectivity index (χ0n) is 12.3. The van der Waals surface area contributed by atoms with Crippen LogP contribution in [-0.2, 0) is 0 Å². The largest absolute Gasteiger partial charge is 0.406 e. The van der Waals surface area contributed by atoms with Crippen LogP contribution in [0.25, 0.3) is 0 Å². The van der Waals surface area contributed by atoms with Crippen LogP contribution in [-0.4, -0.2) is 30.8 Å². The summed E-state index contributed by atoms with van der Waals surface area (Å²) in [7, 11) is 3.99. The highest BCUT2D eigenvalue weighted by molar-refractivity contribution is 5.72. The van der Waals surface area contributed by atoms with Crippen LogP contribution < -0.4 is 15.5 Å². The molecule has 0 saturated heterocycles. The van der Waals surface area contributed by atoms with Crippen molar-refractivity contribution in [2.75, 3.05) is 30.9 Å². The SMILES string of the molecule is CCNC(C)c1nnc(Nc2ccccc2N(C)C)o1. The molecule has 0 bridgehead atoms. The molecule has 0 radical (unpaired) electrons. The molecule has 1 unspecified atom stereocenters. The minimum absolute atomic E-state index is 0.0483. The van der Waals surface area contributed by atoms with Crippen LogP contribution in [0.4, 0.5) is 17.4 Å². The molecule has 0 amide bonds. The molecule has 1 aromatic heterocycles. The van der Waals surface area contributed by atoms with Gasteiger partial charge in [-0.1, -0.05) is 24.2 Å². The van der Waals surface area contributed by atoms with Crippen molar-refractivity contribution >= 4 is 17.4 Å². The quantitative estimate of drug-likeness (QED) is 0.844. The van der Waals surface area contributed by atoms with Gasteiger partial charge in [-0.3, -0.25) is 0 Å². The second kappa shape index (κ2) is 6.38. The second-order valence-electron chi connectivity index (χ2n) is 4.76. The van der Waals surface area contributed by atoms with Gasteiger partial charge in [0.2, 0.25) is 5.89 Å².